The molecule has 0 saturated carbocycles. The second kappa shape index (κ2) is 7.86. The van der Waals surface area contributed by atoms with Crippen molar-refractivity contribution in [2.75, 3.05) is 43.3 Å². The number of carbonyl (C=O) groups is 2. The second-order valence-corrected chi connectivity index (χ2v) is 8.25. The number of carbonyl (C=O) groups excluding carboxylic acids is 2. The number of piperazine rings is 1. The molecule has 7 nitrogen and oxygen atoms in total. The third kappa shape index (κ3) is 4.72. The summed E-state index contributed by atoms with van der Waals surface area (Å²) in [6, 6.07) is 5.61. The maximum Gasteiger partial charge on any atom is 0.232 e. The molecule has 1 aromatic carbocycles. The van der Waals surface area contributed by atoms with Gasteiger partial charge in [-0.05, 0) is 25.0 Å². The molecule has 25 heavy (non-hydrogen) atoms. The van der Waals surface area contributed by atoms with E-state index < -0.39 is 10.0 Å². The van der Waals surface area contributed by atoms with Crippen molar-refractivity contribution in [1.29, 1.82) is 0 Å². The van der Waals surface area contributed by atoms with Crippen LogP contribution < -0.4 is 4.31 Å². The minimum absolute atomic E-state index is 0.0922. The van der Waals surface area contributed by atoms with Gasteiger partial charge in [0.1, 0.15) is 0 Å². The fraction of sp³-hybridized carbons (Fsp3) is 0.529. The number of aryl methyl sites for hydroxylation is 2. The number of hydrogen-bond acceptors (Lipinski definition) is 4. The smallest absolute Gasteiger partial charge is 0.232 e. The normalized spacial score (nSPS) is 15.2. The van der Waals surface area contributed by atoms with Crippen molar-refractivity contribution in [2.24, 2.45) is 0 Å². The van der Waals surface area contributed by atoms with Crippen molar-refractivity contribution in [3.8, 4) is 0 Å². The second-order valence-electron chi connectivity index (χ2n) is 6.35. The average molecular weight is 367 g/mol. The van der Waals surface area contributed by atoms with Gasteiger partial charge in [-0.15, -0.1) is 0 Å². The van der Waals surface area contributed by atoms with Crippen LogP contribution >= 0.6 is 0 Å². The molecule has 0 aromatic heterocycles. The molecule has 1 saturated heterocycles. The Morgan fingerprint density at radius 3 is 2.20 bits per heavy atom. The lowest BCUT2D eigenvalue weighted by Crippen LogP contribution is -2.48. The molecule has 1 heterocycles. The Balaban J connectivity index is 2.09. The summed E-state index contributed by atoms with van der Waals surface area (Å²) in [5.74, 6) is -0.0922. The van der Waals surface area contributed by atoms with E-state index in [0.29, 0.717) is 31.9 Å². The first kappa shape index (κ1) is 19.2. The van der Waals surface area contributed by atoms with E-state index in [2.05, 4.69) is 0 Å². The number of amides is 2. The Morgan fingerprint density at radius 2 is 1.72 bits per heavy atom. The predicted molar refractivity (Wildman–Crippen MR) is 96.9 cm³/mol. The molecule has 8 heteroatoms. The van der Waals surface area contributed by atoms with Gasteiger partial charge in [-0.1, -0.05) is 18.2 Å². The van der Waals surface area contributed by atoms with Crippen LogP contribution in [-0.2, 0) is 19.6 Å². The Kier molecular flexibility index (Phi) is 6.05. The molecule has 0 unspecified atom stereocenters. The molecule has 0 N–H and O–H groups in total. The van der Waals surface area contributed by atoms with Gasteiger partial charge in [-0.25, -0.2) is 8.42 Å². The van der Waals surface area contributed by atoms with Gasteiger partial charge in [0.2, 0.25) is 22.3 Å². The molecule has 0 bridgehead atoms. The van der Waals surface area contributed by atoms with Crippen molar-refractivity contribution in [2.45, 2.75) is 20.3 Å². The van der Waals surface area contributed by atoms with Crippen molar-refractivity contribution in [3.63, 3.8) is 0 Å². The largest absolute Gasteiger partial charge is 0.342 e. The van der Waals surface area contributed by atoms with Crippen LogP contribution in [0.25, 0.3) is 0 Å². The monoisotopic (exact) mass is 367 g/mol. The molecule has 1 aliphatic rings. The van der Waals surface area contributed by atoms with E-state index in [-0.39, 0.29) is 18.9 Å². The van der Waals surface area contributed by atoms with E-state index in [9.17, 15) is 18.0 Å². The quantitative estimate of drug-likeness (QED) is 0.696. The van der Waals surface area contributed by atoms with Crippen molar-refractivity contribution in [1.82, 2.24) is 9.80 Å². The number of benzene rings is 1. The molecule has 0 spiro atoms. The van der Waals surface area contributed by atoms with Crippen molar-refractivity contribution in [3.05, 3.63) is 29.3 Å². The molecule has 2 rings (SSSR count). The summed E-state index contributed by atoms with van der Waals surface area (Å²) >= 11 is 0. The van der Waals surface area contributed by atoms with Crippen LogP contribution in [0.3, 0.4) is 0 Å². The molecule has 0 radical (unpaired) electrons. The van der Waals surface area contributed by atoms with Gasteiger partial charge in [0.05, 0.1) is 11.9 Å². The third-order valence-corrected chi connectivity index (χ3v) is 5.60. The summed E-state index contributed by atoms with van der Waals surface area (Å²) < 4.78 is 25.8. The Hall–Kier alpha value is -2.09. The highest BCUT2D eigenvalue weighted by Crippen LogP contribution is 2.27. The zero-order valence-corrected chi connectivity index (χ0v) is 15.8. The summed E-state index contributed by atoms with van der Waals surface area (Å²) in [6.07, 6.45) is 2.06. The SMILES string of the molecule is Cc1cccc(C)c1N(CCC(=O)N1CCN(C=O)CC1)S(C)(=O)=O. The summed E-state index contributed by atoms with van der Waals surface area (Å²) in [5, 5.41) is 0. The highest BCUT2D eigenvalue weighted by molar-refractivity contribution is 7.92. The number of anilines is 1. The van der Waals surface area contributed by atoms with E-state index in [1.807, 2.05) is 32.0 Å². The lowest BCUT2D eigenvalue weighted by molar-refractivity contribution is -0.134. The van der Waals surface area contributed by atoms with Crippen LogP contribution in [-0.4, -0.2) is 69.5 Å². The van der Waals surface area contributed by atoms with Gasteiger partial charge in [0.25, 0.3) is 0 Å². The van der Waals surface area contributed by atoms with Gasteiger partial charge in [-0.2, -0.15) is 0 Å². The number of para-hydroxylation sites is 1. The summed E-state index contributed by atoms with van der Waals surface area (Å²) in [4.78, 5) is 26.5. The fourth-order valence-electron chi connectivity index (χ4n) is 3.07. The van der Waals surface area contributed by atoms with Gasteiger partial charge < -0.3 is 9.80 Å². The highest BCUT2D eigenvalue weighted by atomic mass is 32.2. The van der Waals surface area contributed by atoms with Crippen LogP contribution in [0.4, 0.5) is 5.69 Å². The summed E-state index contributed by atoms with van der Waals surface area (Å²) in [6.45, 7) is 5.84. The van der Waals surface area contributed by atoms with Gasteiger partial charge in [0, 0.05) is 39.1 Å². The van der Waals surface area contributed by atoms with Crippen LogP contribution in [0, 0.1) is 13.8 Å². The minimum atomic E-state index is -3.49. The standard InChI is InChI=1S/C17H25N3O4S/c1-14-5-4-6-15(2)17(14)20(25(3,23)24)8-7-16(22)19-11-9-18(13-21)10-12-19/h4-6,13H,7-12H2,1-3H3. The maximum atomic E-state index is 12.4. The van der Waals surface area contributed by atoms with Gasteiger partial charge in [0.15, 0.2) is 0 Å². The first-order valence-electron chi connectivity index (χ1n) is 8.25. The number of sulfonamides is 1. The molecule has 0 aliphatic carbocycles. The Morgan fingerprint density at radius 1 is 1.16 bits per heavy atom. The summed E-state index contributed by atoms with van der Waals surface area (Å²) in [5.41, 5.74) is 2.36. The van der Waals surface area contributed by atoms with E-state index in [4.69, 9.17) is 0 Å². The van der Waals surface area contributed by atoms with Gasteiger partial charge >= 0.3 is 0 Å². The van der Waals surface area contributed by atoms with Crippen LogP contribution in [0.15, 0.2) is 18.2 Å². The lowest BCUT2D eigenvalue weighted by atomic mass is 10.1. The van der Waals surface area contributed by atoms with E-state index in [1.165, 1.54) is 4.31 Å². The Labute approximate surface area is 149 Å². The predicted octanol–water partition coefficient (Wildman–Crippen LogP) is 0.760. The molecule has 2 amide bonds. The lowest BCUT2D eigenvalue weighted by Gasteiger charge is -2.33. The molecular formula is C17H25N3O4S. The average Bonchev–Trinajstić information content (AvgIpc) is 2.56. The molecule has 1 fully saturated rings. The summed E-state index contributed by atoms with van der Waals surface area (Å²) in [7, 11) is -3.49. The van der Waals surface area contributed by atoms with E-state index in [0.717, 1.165) is 23.8 Å². The molecule has 1 aromatic rings. The fourth-order valence-corrected chi connectivity index (χ4v) is 4.12. The maximum absolute atomic E-state index is 12.4. The van der Waals surface area contributed by atoms with Crippen LogP contribution in [0.5, 0.6) is 0 Å². The van der Waals surface area contributed by atoms with Crippen LogP contribution in [0.2, 0.25) is 0 Å². The number of hydrogen-bond donors (Lipinski definition) is 0. The van der Waals surface area contributed by atoms with E-state index in [1.54, 1.807) is 9.80 Å². The third-order valence-electron chi connectivity index (χ3n) is 4.43. The highest BCUT2D eigenvalue weighted by Gasteiger charge is 2.25. The number of nitrogens with zero attached hydrogens (tertiary/aromatic N) is 3. The van der Waals surface area contributed by atoms with Crippen LogP contribution in [0.1, 0.15) is 17.5 Å². The molecule has 1 aliphatic heterocycles. The zero-order valence-electron chi connectivity index (χ0n) is 14.9. The Bertz CT molecular complexity index is 720. The van der Waals surface area contributed by atoms with Crippen molar-refractivity contribution >= 4 is 28.0 Å². The minimum Gasteiger partial charge on any atom is -0.342 e. The molecule has 0 atom stereocenters. The first-order valence-corrected chi connectivity index (χ1v) is 10.1. The van der Waals surface area contributed by atoms with Gasteiger partial charge in [-0.3, -0.25) is 13.9 Å². The molecular weight excluding hydrogens is 342 g/mol. The zero-order chi connectivity index (χ0) is 18.6. The molecule has 138 valence electrons. The first-order chi connectivity index (χ1) is 11.7. The topological polar surface area (TPSA) is 78.0 Å². The number of rotatable bonds is 6. The van der Waals surface area contributed by atoms with Crippen molar-refractivity contribution < 1.29 is 18.0 Å². The van der Waals surface area contributed by atoms with E-state index >= 15 is 0 Å².